The van der Waals surface area contributed by atoms with Crippen molar-refractivity contribution < 1.29 is 13.6 Å². The first-order valence-electron chi connectivity index (χ1n) is 9.46. The van der Waals surface area contributed by atoms with Crippen molar-refractivity contribution in [3.63, 3.8) is 0 Å². The van der Waals surface area contributed by atoms with Gasteiger partial charge < -0.3 is 9.88 Å². The summed E-state index contributed by atoms with van der Waals surface area (Å²) in [6, 6.07) is 20.0. The van der Waals surface area contributed by atoms with Crippen molar-refractivity contribution in [2.24, 2.45) is 0 Å². The summed E-state index contributed by atoms with van der Waals surface area (Å²) in [6.07, 6.45) is 1.66. The Hall–Kier alpha value is -3.80. The number of carbonyl (C=O) groups excluding carboxylic acids is 1. The van der Waals surface area contributed by atoms with E-state index in [0.717, 1.165) is 17.3 Å². The molecule has 0 aliphatic rings. The van der Waals surface area contributed by atoms with Crippen molar-refractivity contribution in [2.75, 3.05) is 0 Å². The molecule has 0 bridgehead atoms. The zero-order chi connectivity index (χ0) is 21.1. The highest BCUT2D eigenvalue weighted by molar-refractivity contribution is 5.97. The van der Waals surface area contributed by atoms with E-state index in [1.54, 1.807) is 29.8 Å². The number of rotatable bonds is 5. The Labute approximate surface area is 172 Å². The molecule has 1 N–H and O–H groups in total. The maximum Gasteiger partial charge on any atom is 0.253 e. The van der Waals surface area contributed by atoms with E-state index in [2.05, 4.69) is 10.3 Å². The molecular formula is C24H19F2N3O. The van der Waals surface area contributed by atoms with Crippen LogP contribution in [0.5, 0.6) is 0 Å². The fourth-order valence-corrected chi connectivity index (χ4v) is 3.40. The minimum atomic E-state index is -0.702. The second-order valence-corrected chi connectivity index (χ2v) is 6.83. The van der Waals surface area contributed by atoms with Gasteiger partial charge >= 0.3 is 0 Å². The first-order chi connectivity index (χ1) is 14.5. The molecule has 0 radical (unpaired) electrons. The molecule has 4 nitrogen and oxygen atoms in total. The molecular weight excluding hydrogens is 384 g/mol. The van der Waals surface area contributed by atoms with E-state index >= 15 is 0 Å². The lowest BCUT2D eigenvalue weighted by Gasteiger charge is -2.13. The van der Waals surface area contributed by atoms with Gasteiger partial charge in [-0.25, -0.2) is 8.78 Å². The summed E-state index contributed by atoms with van der Waals surface area (Å²) in [5, 5.41) is 2.85. The largest absolute Gasteiger partial charge is 0.346 e. The van der Waals surface area contributed by atoms with E-state index in [1.165, 1.54) is 12.1 Å². The van der Waals surface area contributed by atoms with Crippen molar-refractivity contribution in [3.8, 4) is 16.9 Å². The molecule has 0 atom stereocenters. The molecule has 0 saturated heterocycles. The van der Waals surface area contributed by atoms with Crippen LogP contribution < -0.4 is 5.32 Å². The number of nitrogens with one attached hydrogen (secondary N) is 1. The summed E-state index contributed by atoms with van der Waals surface area (Å²) in [5.74, 6) is -1.65. The van der Waals surface area contributed by atoms with Gasteiger partial charge in [0.15, 0.2) is 0 Å². The molecule has 2 aromatic heterocycles. The van der Waals surface area contributed by atoms with Crippen LogP contribution in [0.15, 0.2) is 79.0 Å². The maximum atomic E-state index is 14.6. The second-order valence-electron chi connectivity index (χ2n) is 6.83. The van der Waals surface area contributed by atoms with E-state index in [1.807, 2.05) is 42.5 Å². The summed E-state index contributed by atoms with van der Waals surface area (Å²) in [4.78, 5) is 17.1. The van der Waals surface area contributed by atoms with E-state index in [-0.39, 0.29) is 18.1 Å². The van der Waals surface area contributed by atoms with Crippen molar-refractivity contribution in [3.05, 3.63) is 108 Å². The molecule has 0 aliphatic heterocycles. The Balaban J connectivity index is 1.77. The summed E-state index contributed by atoms with van der Waals surface area (Å²) in [6.45, 7) is 2.01. The van der Waals surface area contributed by atoms with Crippen LogP contribution >= 0.6 is 0 Å². The number of nitrogens with zero attached hydrogens (tertiary/aromatic N) is 2. The molecule has 0 unspecified atom stereocenters. The van der Waals surface area contributed by atoms with Crippen LogP contribution in [0.3, 0.4) is 0 Å². The quantitative estimate of drug-likeness (QED) is 0.507. The Bertz CT molecular complexity index is 1190. The lowest BCUT2D eigenvalue weighted by atomic mass is 10.1. The standard InChI is InChI=1S/C24H19F2N3O/c1-16-20(24(30)28-15-19-9-5-6-12-27-19)14-23(17-7-3-2-4-8-17)29(16)22-11-10-18(25)13-21(22)26/h2-14H,15H2,1H3,(H,28,30). The third kappa shape index (κ3) is 3.85. The third-order valence-corrected chi connectivity index (χ3v) is 4.87. The summed E-state index contributed by atoms with van der Waals surface area (Å²) >= 11 is 0. The van der Waals surface area contributed by atoms with Crippen LogP contribution in [-0.2, 0) is 6.54 Å². The van der Waals surface area contributed by atoms with Gasteiger partial charge in [0.2, 0.25) is 0 Å². The normalized spacial score (nSPS) is 10.8. The van der Waals surface area contributed by atoms with Crippen molar-refractivity contribution in [1.82, 2.24) is 14.9 Å². The van der Waals surface area contributed by atoms with Gasteiger partial charge in [-0.3, -0.25) is 9.78 Å². The smallest absolute Gasteiger partial charge is 0.253 e. The van der Waals surface area contributed by atoms with Gasteiger partial charge in [-0.05, 0) is 42.8 Å². The topological polar surface area (TPSA) is 46.9 Å². The molecule has 0 fully saturated rings. The highest BCUT2D eigenvalue weighted by atomic mass is 19.1. The lowest BCUT2D eigenvalue weighted by Crippen LogP contribution is -2.23. The Morgan fingerprint density at radius 3 is 2.47 bits per heavy atom. The number of benzene rings is 2. The number of carbonyl (C=O) groups is 1. The second kappa shape index (κ2) is 8.29. The number of aromatic nitrogens is 2. The van der Waals surface area contributed by atoms with Crippen LogP contribution in [-0.4, -0.2) is 15.5 Å². The first kappa shape index (κ1) is 19.5. The van der Waals surface area contributed by atoms with Gasteiger partial charge in [-0.15, -0.1) is 0 Å². The molecule has 0 saturated carbocycles. The fourth-order valence-electron chi connectivity index (χ4n) is 3.40. The molecule has 2 aromatic carbocycles. The SMILES string of the molecule is Cc1c(C(=O)NCc2ccccn2)cc(-c2ccccc2)n1-c1ccc(F)cc1F. The third-order valence-electron chi connectivity index (χ3n) is 4.87. The summed E-state index contributed by atoms with van der Waals surface area (Å²) in [7, 11) is 0. The molecule has 6 heteroatoms. The van der Waals surface area contributed by atoms with Gasteiger partial charge in [0, 0.05) is 18.0 Å². The average molecular weight is 403 g/mol. The Morgan fingerprint density at radius 2 is 1.77 bits per heavy atom. The van der Waals surface area contributed by atoms with Crippen molar-refractivity contribution in [1.29, 1.82) is 0 Å². The number of hydrogen-bond acceptors (Lipinski definition) is 2. The first-order valence-corrected chi connectivity index (χ1v) is 9.46. The highest BCUT2D eigenvalue weighted by Crippen LogP contribution is 2.31. The number of hydrogen-bond donors (Lipinski definition) is 1. The van der Waals surface area contributed by atoms with Gasteiger partial charge in [0.05, 0.1) is 29.2 Å². The van der Waals surface area contributed by atoms with Gasteiger partial charge in [-0.2, -0.15) is 0 Å². The predicted octanol–water partition coefficient (Wildman–Crippen LogP) is 5.06. The average Bonchev–Trinajstić information content (AvgIpc) is 3.10. The van der Waals surface area contributed by atoms with Gasteiger partial charge in [0.1, 0.15) is 11.6 Å². The van der Waals surface area contributed by atoms with E-state index < -0.39 is 11.6 Å². The van der Waals surface area contributed by atoms with Gasteiger partial charge in [0.25, 0.3) is 5.91 Å². The minimum Gasteiger partial charge on any atom is -0.346 e. The highest BCUT2D eigenvalue weighted by Gasteiger charge is 2.21. The molecule has 2 heterocycles. The van der Waals surface area contributed by atoms with Crippen LogP contribution in [0.25, 0.3) is 16.9 Å². The molecule has 4 rings (SSSR count). The van der Waals surface area contributed by atoms with E-state index in [4.69, 9.17) is 0 Å². The Morgan fingerprint density at radius 1 is 1.00 bits per heavy atom. The Kier molecular flexibility index (Phi) is 5.39. The number of amides is 1. The summed E-state index contributed by atoms with van der Waals surface area (Å²) < 4.78 is 29.7. The monoisotopic (exact) mass is 403 g/mol. The molecule has 4 aromatic rings. The summed E-state index contributed by atoms with van der Waals surface area (Å²) in [5.41, 5.74) is 3.33. The van der Waals surface area contributed by atoms with Crippen LogP contribution in [0.2, 0.25) is 0 Å². The van der Waals surface area contributed by atoms with E-state index in [0.29, 0.717) is 17.0 Å². The lowest BCUT2D eigenvalue weighted by molar-refractivity contribution is 0.0950. The molecule has 1 amide bonds. The van der Waals surface area contributed by atoms with Crippen LogP contribution in [0.1, 0.15) is 21.7 Å². The van der Waals surface area contributed by atoms with Gasteiger partial charge in [-0.1, -0.05) is 36.4 Å². The number of pyridine rings is 1. The van der Waals surface area contributed by atoms with Crippen LogP contribution in [0, 0.1) is 18.6 Å². The molecule has 0 spiro atoms. The van der Waals surface area contributed by atoms with Crippen molar-refractivity contribution >= 4 is 5.91 Å². The van der Waals surface area contributed by atoms with Crippen LogP contribution in [0.4, 0.5) is 8.78 Å². The molecule has 30 heavy (non-hydrogen) atoms. The zero-order valence-electron chi connectivity index (χ0n) is 16.3. The maximum absolute atomic E-state index is 14.6. The molecule has 150 valence electrons. The predicted molar refractivity (Wildman–Crippen MR) is 111 cm³/mol. The van der Waals surface area contributed by atoms with E-state index in [9.17, 15) is 13.6 Å². The fraction of sp³-hybridized carbons (Fsp3) is 0.0833. The number of halogens is 2. The van der Waals surface area contributed by atoms with Crippen molar-refractivity contribution in [2.45, 2.75) is 13.5 Å². The molecule has 0 aliphatic carbocycles. The zero-order valence-corrected chi connectivity index (χ0v) is 16.3. The minimum absolute atomic E-state index is 0.177.